The number of carbonyl (C=O) groups is 1. The van der Waals surface area contributed by atoms with Gasteiger partial charge in [-0.2, -0.15) is 0 Å². The summed E-state index contributed by atoms with van der Waals surface area (Å²) < 4.78 is 22.9. The van der Waals surface area contributed by atoms with Crippen molar-refractivity contribution in [1.29, 1.82) is 0 Å². The molecule has 5 nitrogen and oxygen atoms in total. The van der Waals surface area contributed by atoms with Crippen LogP contribution >= 0.6 is 0 Å². The number of benzene rings is 3. The third-order valence-electron chi connectivity index (χ3n) is 5.52. The van der Waals surface area contributed by atoms with E-state index in [-0.39, 0.29) is 17.6 Å². The fourth-order valence-corrected chi connectivity index (χ4v) is 3.72. The average Bonchev–Trinajstić information content (AvgIpc) is 3.13. The predicted molar refractivity (Wildman–Crippen MR) is 121 cm³/mol. The van der Waals surface area contributed by atoms with Gasteiger partial charge in [-0.25, -0.2) is 0 Å². The molecule has 2 aliphatic rings. The molecule has 0 radical (unpaired) electrons. The maximum atomic E-state index is 12.9. The molecule has 3 aromatic rings. The molecule has 0 amide bonds. The van der Waals surface area contributed by atoms with Crippen LogP contribution in [0, 0.1) is 0 Å². The summed E-state index contributed by atoms with van der Waals surface area (Å²) in [5, 5.41) is 0. The van der Waals surface area contributed by atoms with Crippen LogP contribution in [-0.2, 0) is 6.61 Å². The van der Waals surface area contributed by atoms with Crippen molar-refractivity contribution in [3.05, 3.63) is 101 Å². The molecule has 0 fully saturated rings. The Bertz CT molecular complexity index is 1240. The summed E-state index contributed by atoms with van der Waals surface area (Å²) in [6, 6.07) is 20.8. The van der Waals surface area contributed by atoms with Crippen LogP contribution in [-0.4, -0.2) is 19.0 Å². The zero-order valence-electron chi connectivity index (χ0n) is 17.8. The Morgan fingerprint density at radius 2 is 1.75 bits per heavy atom. The van der Waals surface area contributed by atoms with Gasteiger partial charge in [0.15, 0.2) is 5.76 Å². The topological polar surface area (TPSA) is 54.0 Å². The number of methoxy groups -OCH3 is 1. The lowest BCUT2D eigenvalue weighted by atomic mass is 10.0. The van der Waals surface area contributed by atoms with Crippen LogP contribution in [0.5, 0.6) is 23.0 Å². The van der Waals surface area contributed by atoms with Crippen LogP contribution in [0.25, 0.3) is 6.08 Å². The van der Waals surface area contributed by atoms with Gasteiger partial charge in [0.25, 0.3) is 0 Å². The molecule has 2 aliphatic heterocycles. The first-order valence-electron chi connectivity index (χ1n) is 10.4. The first kappa shape index (κ1) is 19.9. The van der Waals surface area contributed by atoms with Crippen LogP contribution in [0.2, 0.25) is 0 Å². The summed E-state index contributed by atoms with van der Waals surface area (Å²) in [7, 11) is 1.64. The highest BCUT2D eigenvalue weighted by atomic mass is 16.5. The van der Waals surface area contributed by atoms with Crippen LogP contribution < -0.4 is 18.9 Å². The second-order valence-electron chi connectivity index (χ2n) is 7.68. The highest BCUT2D eigenvalue weighted by Crippen LogP contribution is 2.36. The van der Waals surface area contributed by atoms with Gasteiger partial charge in [-0.3, -0.25) is 4.79 Å². The van der Waals surface area contributed by atoms with Crippen molar-refractivity contribution in [2.45, 2.75) is 19.6 Å². The summed E-state index contributed by atoms with van der Waals surface area (Å²) in [4.78, 5) is 12.9. The highest BCUT2D eigenvalue weighted by molar-refractivity contribution is 6.12. The molecular weight excluding hydrogens is 404 g/mol. The normalized spacial score (nSPS) is 17.7. The van der Waals surface area contributed by atoms with Crippen molar-refractivity contribution in [1.82, 2.24) is 0 Å². The van der Waals surface area contributed by atoms with E-state index in [0.29, 0.717) is 23.7 Å². The second-order valence-corrected chi connectivity index (χ2v) is 7.68. The van der Waals surface area contributed by atoms with E-state index in [4.69, 9.17) is 18.9 Å². The largest absolute Gasteiger partial charge is 0.497 e. The Morgan fingerprint density at radius 3 is 2.56 bits per heavy atom. The van der Waals surface area contributed by atoms with Gasteiger partial charge < -0.3 is 18.9 Å². The zero-order valence-corrected chi connectivity index (χ0v) is 17.8. The quantitative estimate of drug-likeness (QED) is 0.497. The Labute approximate surface area is 186 Å². The SMILES string of the molecule is COc1ccc(COc2ccc3c(c2)O/C(=C\C2=Cc4ccccc4O[C@H]2C)C3=O)cc1. The van der Waals surface area contributed by atoms with E-state index in [1.807, 2.05) is 61.5 Å². The van der Waals surface area contributed by atoms with Crippen molar-refractivity contribution in [2.24, 2.45) is 0 Å². The number of para-hydroxylation sites is 1. The molecule has 3 aromatic carbocycles. The highest BCUT2D eigenvalue weighted by Gasteiger charge is 2.29. The lowest BCUT2D eigenvalue weighted by molar-refractivity contribution is 0.101. The van der Waals surface area contributed by atoms with Crippen molar-refractivity contribution >= 4 is 11.9 Å². The Balaban J connectivity index is 1.33. The summed E-state index contributed by atoms with van der Waals surface area (Å²) in [5.41, 5.74) is 3.41. The Hall–Kier alpha value is -3.99. The lowest BCUT2D eigenvalue weighted by Gasteiger charge is -2.22. The molecule has 0 aromatic heterocycles. The van der Waals surface area contributed by atoms with Crippen molar-refractivity contribution < 1.29 is 23.7 Å². The summed E-state index contributed by atoms with van der Waals surface area (Å²) in [5.74, 6) is 2.91. The lowest BCUT2D eigenvalue weighted by Crippen LogP contribution is -2.18. The van der Waals surface area contributed by atoms with Crippen molar-refractivity contribution in [3.8, 4) is 23.0 Å². The van der Waals surface area contributed by atoms with Gasteiger partial charge in [0.05, 0.1) is 12.7 Å². The third kappa shape index (κ3) is 3.85. The predicted octanol–water partition coefficient (Wildman–Crippen LogP) is 5.60. The molecule has 2 heterocycles. The molecule has 0 N–H and O–H groups in total. The first-order valence-corrected chi connectivity index (χ1v) is 10.4. The van der Waals surface area contributed by atoms with Crippen LogP contribution in [0.1, 0.15) is 28.4 Å². The fraction of sp³-hybridized carbons (Fsp3) is 0.148. The van der Waals surface area contributed by atoms with Crippen LogP contribution in [0.15, 0.2) is 84.1 Å². The molecule has 0 unspecified atom stereocenters. The molecule has 5 rings (SSSR count). The van der Waals surface area contributed by atoms with Crippen LogP contribution in [0.4, 0.5) is 0 Å². The third-order valence-corrected chi connectivity index (χ3v) is 5.52. The van der Waals surface area contributed by atoms with E-state index in [1.165, 1.54) is 0 Å². The van der Waals surface area contributed by atoms with E-state index >= 15 is 0 Å². The number of allylic oxidation sites excluding steroid dienone is 1. The average molecular weight is 426 g/mol. The van der Waals surface area contributed by atoms with Crippen LogP contribution in [0.3, 0.4) is 0 Å². The minimum Gasteiger partial charge on any atom is -0.497 e. The smallest absolute Gasteiger partial charge is 0.231 e. The molecule has 1 atom stereocenters. The number of ether oxygens (including phenoxy) is 4. The zero-order chi connectivity index (χ0) is 22.1. The molecule has 0 saturated heterocycles. The molecule has 160 valence electrons. The molecule has 0 saturated carbocycles. The maximum Gasteiger partial charge on any atom is 0.231 e. The number of hydrogen-bond acceptors (Lipinski definition) is 5. The number of rotatable bonds is 5. The van der Waals surface area contributed by atoms with Crippen molar-refractivity contribution in [3.63, 3.8) is 0 Å². The van der Waals surface area contributed by atoms with Crippen molar-refractivity contribution in [2.75, 3.05) is 7.11 Å². The number of carbonyl (C=O) groups excluding carboxylic acids is 1. The monoisotopic (exact) mass is 426 g/mol. The number of Topliss-reactive ketones (excluding diaryl/α,β-unsaturated/α-hetero) is 1. The van der Waals surface area contributed by atoms with E-state index in [0.717, 1.165) is 28.2 Å². The van der Waals surface area contributed by atoms with Gasteiger partial charge in [-0.05, 0) is 60.5 Å². The van der Waals surface area contributed by atoms with E-state index in [9.17, 15) is 4.79 Å². The van der Waals surface area contributed by atoms with E-state index in [2.05, 4.69) is 0 Å². The minimum atomic E-state index is -0.180. The van der Waals surface area contributed by atoms with Gasteiger partial charge in [0.2, 0.25) is 5.78 Å². The molecule has 0 spiro atoms. The standard InChI is InChI=1S/C27H22O5/c1-17-20(13-19-5-3-4-6-24(19)31-17)14-26-27(28)23-12-11-22(15-25(23)32-26)30-16-18-7-9-21(29-2)10-8-18/h3-15,17H,16H2,1-2H3/b26-14-/t17-/m0/s1. The molecule has 32 heavy (non-hydrogen) atoms. The van der Waals surface area contributed by atoms with Gasteiger partial charge in [-0.1, -0.05) is 30.3 Å². The number of hydrogen-bond donors (Lipinski definition) is 0. The van der Waals surface area contributed by atoms with Gasteiger partial charge in [-0.15, -0.1) is 0 Å². The Morgan fingerprint density at radius 1 is 0.969 bits per heavy atom. The molecule has 0 aliphatic carbocycles. The first-order chi connectivity index (χ1) is 15.6. The minimum absolute atomic E-state index is 0.145. The number of ketones is 1. The number of fused-ring (bicyclic) bond motifs is 2. The summed E-state index contributed by atoms with van der Waals surface area (Å²) in [6.45, 7) is 2.36. The maximum absolute atomic E-state index is 12.9. The second kappa shape index (κ2) is 8.27. The van der Waals surface area contributed by atoms with Gasteiger partial charge in [0.1, 0.15) is 35.7 Å². The van der Waals surface area contributed by atoms with E-state index < -0.39 is 0 Å². The molecular formula is C27H22O5. The van der Waals surface area contributed by atoms with Gasteiger partial charge >= 0.3 is 0 Å². The summed E-state index contributed by atoms with van der Waals surface area (Å²) in [6.07, 6.45) is 3.61. The molecule has 0 bridgehead atoms. The summed E-state index contributed by atoms with van der Waals surface area (Å²) >= 11 is 0. The Kier molecular flexibility index (Phi) is 5.15. The fourth-order valence-electron chi connectivity index (χ4n) is 3.72. The van der Waals surface area contributed by atoms with E-state index in [1.54, 1.807) is 31.4 Å². The van der Waals surface area contributed by atoms with Gasteiger partial charge in [0, 0.05) is 11.6 Å². The molecule has 5 heteroatoms.